The third-order valence-corrected chi connectivity index (χ3v) is 2.40. The molecule has 1 aliphatic heterocycles. The zero-order valence-corrected chi connectivity index (χ0v) is 9.36. The normalized spacial score (nSPS) is 13.4. The highest BCUT2D eigenvalue weighted by Crippen LogP contribution is 2.26. The van der Waals surface area contributed by atoms with Crippen LogP contribution in [0.3, 0.4) is 0 Å². The average molecular weight is 265 g/mol. The number of nitro groups is 1. The van der Waals surface area contributed by atoms with Crippen molar-refractivity contribution in [2.45, 2.75) is 0 Å². The summed E-state index contributed by atoms with van der Waals surface area (Å²) in [6.07, 6.45) is 0. The summed E-state index contributed by atoms with van der Waals surface area (Å²) in [7, 11) is 0. The molecule has 98 valence electrons. The first kappa shape index (κ1) is 12.6. The van der Waals surface area contributed by atoms with Crippen LogP contribution in [0.5, 0.6) is 0 Å². The largest absolute Gasteiger partial charge is 0.346 e. The van der Waals surface area contributed by atoms with Gasteiger partial charge in [-0.15, -0.1) is 0 Å². The highest BCUT2D eigenvalue weighted by Gasteiger charge is 2.39. The van der Waals surface area contributed by atoms with Crippen LogP contribution >= 0.6 is 0 Å². The first-order valence-corrected chi connectivity index (χ1v) is 5.03. The summed E-state index contributed by atoms with van der Waals surface area (Å²) in [5, 5.41) is 10.8. The van der Waals surface area contributed by atoms with Gasteiger partial charge in [-0.1, -0.05) is 5.06 Å². The molecule has 1 aromatic rings. The van der Waals surface area contributed by atoms with Crippen LogP contribution in [0.15, 0.2) is 18.2 Å². The molecule has 0 saturated heterocycles. The summed E-state index contributed by atoms with van der Waals surface area (Å²) in [6.45, 7) is -0.506. The van der Waals surface area contributed by atoms with Crippen molar-refractivity contribution in [2.75, 3.05) is 6.54 Å². The van der Waals surface area contributed by atoms with Crippen molar-refractivity contribution in [3.8, 4) is 0 Å². The van der Waals surface area contributed by atoms with E-state index in [2.05, 4.69) is 4.84 Å². The van der Waals surface area contributed by atoms with Crippen molar-refractivity contribution in [3.63, 3.8) is 0 Å². The second kappa shape index (κ2) is 4.46. The number of hydroxylamine groups is 2. The number of fused-ring (bicyclic) bond motifs is 1. The maximum absolute atomic E-state index is 11.8. The van der Waals surface area contributed by atoms with Gasteiger partial charge in [-0.2, -0.15) is 0 Å². The number of nitro benzene ring substituents is 1. The average Bonchev–Trinajstić information content (AvgIpc) is 2.63. The van der Waals surface area contributed by atoms with E-state index < -0.39 is 29.3 Å². The molecule has 9 nitrogen and oxygen atoms in total. The molecule has 1 heterocycles. The van der Waals surface area contributed by atoms with E-state index in [0.717, 1.165) is 18.2 Å². The number of carbonyl (C=O) groups excluding carboxylic acids is 3. The van der Waals surface area contributed by atoms with Crippen molar-refractivity contribution < 1.29 is 24.1 Å². The molecule has 1 aromatic carbocycles. The number of rotatable bonds is 3. The fourth-order valence-electron chi connectivity index (χ4n) is 1.54. The van der Waals surface area contributed by atoms with E-state index in [4.69, 9.17) is 5.73 Å². The van der Waals surface area contributed by atoms with Crippen LogP contribution in [-0.4, -0.2) is 34.3 Å². The molecule has 0 radical (unpaired) electrons. The van der Waals surface area contributed by atoms with E-state index in [-0.39, 0.29) is 21.9 Å². The molecule has 2 N–H and O–H groups in total. The lowest BCUT2D eigenvalue weighted by molar-refractivity contribution is -0.384. The highest BCUT2D eigenvalue weighted by atomic mass is 16.7. The minimum Gasteiger partial charge on any atom is -0.328 e. The Bertz CT molecular complexity index is 611. The fraction of sp³-hybridized carbons (Fsp3) is 0.100. The lowest BCUT2D eigenvalue weighted by Gasteiger charge is -2.11. The van der Waals surface area contributed by atoms with Gasteiger partial charge in [0.15, 0.2) is 0 Å². The van der Waals surface area contributed by atoms with E-state index in [1.165, 1.54) is 0 Å². The molecule has 0 bridgehead atoms. The fourth-order valence-corrected chi connectivity index (χ4v) is 1.54. The predicted octanol–water partition coefficient (Wildman–Crippen LogP) is -0.392. The van der Waals surface area contributed by atoms with Crippen LogP contribution in [0, 0.1) is 10.1 Å². The van der Waals surface area contributed by atoms with E-state index in [0.29, 0.717) is 0 Å². The number of hydrogen-bond acceptors (Lipinski definition) is 7. The van der Waals surface area contributed by atoms with Gasteiger partial charge in [0.2, 0.25) is 0 Å². The Morgan fingerprint density at radius 3 is 2.53 bits per heavy atom. The second-order valence-electron chi connectivity index (χ2n) is 3.56. The van der Waals surface area contributed by atoms with E-state index in [1.54, 1.807) is 0 Å². The summed E-state index contributed by atoms with van der Waals surface area (Å²) in [5.41, 5.74) is 4.40. The first-order valence-electron chi connectivity index (χ1n) is 5.03. The molecule has 0 aliphatic carbocycles. The Kier molecular flexibility index (Phi) is 2.97. The molecule has 19 heavy (non-hydrogen) atoms. The maximum atomic E-state index is 11.8. The Balaban J connectivity index is 2.38. The van der Waals surface area contributed by atoms with E-state index in [1.807, 2.05) is 0 Å². The molecule has 9 heteroatoms. The topological polar surface area (TPSA) is 133 Å². The Morgan fingerprint density at radius 2 is 1.95 bits per heavy atom. The minimum atomic E-state index is -0.969. The number of hydrogen-bond donors (Lipinski definition) is 1. The number of non-ortho nitro benzene ring substituents is 1. The maximum Gasteiger partial charge on any atom is 0.346 e. The number of amides is 2. The van der Waals surface area contributed by atoms with Gasteiger partial charge in [0.25, 0.3) is 17.5 Å². The molecule has 2 rings (SSSR count). The zero-order valence-electron chi connectivity index (χ0n) is 9.36. The Hall–Kier alpha value is -2.81. The summed E-state index contributed by atoms with van der Waals surface area (Å²) in [4.78, 5) is 48.9. The van der Waals surface area contributed by atoms with Gasteiger partial charge < -0.3 is 10.6 Å². The second-order valence-corrected chi connectivity index (χ2v) is 3.56. The number of carbonyl (C=O) groups is 3. The predicted molar refractivity (Wildman–Crippen MR) is 58.7 cm³/mol. The lowest BCUT2D eigenvalue weighted by atomic mass is 10.1. The van der Waals surface area contributed by atoms with Crippen molar-refractivity contribution in [1.82, 2.24) is 5.06 Å². The number of imide groups is 1. The number of nitrogens with two attached hydrogens (primary N) is 1. The summed E-state index contributed by atoms with van der Waals surface area (Å²) < 4.78 is 0. The van der Waals surface area contributed by atoms with Gasteiger partial charge in [0.05, 0.1) is 22.6 Å². The molecule has 0 aromatic heterocycles. The van der Waals surface area contributed by atoms with Crippen LogP contribution in [0.1, 0.15) is 20.7 Å². The molecule has 2 amide bonds. The molecule has 0 spiro atoms. The molecular formula is C10H7N3O6. The summed E-state index contributed by atoms with van der Waals surface area (Å²) in [5.74, 6) is -2.77. The van der Waals surface area contributed by atoms with Gasteiger partial charge in [-0.05, 0) is 6.07 Å². The van der Waals surface area contributed by atoms with E-state index >= 15 is 0 Å². The number of nitrogens with zero attached hydrogens (tertiary/aromatic N) is 2. The van der Waals surface area contributed by atoms with Crippen LogP contribution in [0.4, 0.5) is 5.69 Å². The van der Waals surface area contributed by atoms with Gasteiger partial charge in [0.1, 0.15) is 0 Å². The summed E-state index contributed by atoms with van der Waals surface area (Å²) in [6, 6.07) is 3.16. The van der Waals surface area contributed by atoms with Crippen LogP contribution < -0.4 is 5.73 Å². The van der Waals surface area contributed by atoms with Crippen molar-refractivity contribution in [1.29, 1.82) is 0 Å². The summed E-state index contributed by atoms with van der Waals surface area (Å²) >= 11 is 0. The first-order chi connectivity index (χ1) is 8.95. The van der Waals surface area contributed by atoms with Gasteiger partial charge in [-0.3, -0.25) is 19.7 Å². The molecule has 0 unspecified atom stereocenters. The van der Waals surface area contributed by atoms with E-state index in [9.17, 15) is 24.5 Å². The third-order valence-electron chi connectivity index (χ3n) is 2.40. The van der Waals surface area contributed by atoms with Crippen LogP contribution in [0.25, 0.3) is 0 Å². The number of benzene rings is 1. The highest BCUT2D eigenvalue weighted by molar-refractivity contribution is 6.21. The standard InChI is InChI=1S/C10H7N3O6/c11-4-8(14)19-12-9(15)6-2-1-5(13(17)18)3-7(6)10(12)16/h1-3H,4,11H2. The van der Waals surface area contributed by atoms with Gasteiger partial charge >= 0.3 is 5.97 Å². The molecule has 1 aliphatic rings. The third kappa shape index (κ3) is 2.02. The molecular weight excluding hydrogens is 258 g/mol. The van der Waals surface area contributed by atoms with Crippen molar-refractivity contribution >= 4 is 23.5 Å². The van der Waals surface area contributed by atoms with Crippen molar-refractivity contribution in [2.24, 2.45) is 5.73 Å². The lowest BCUT2D eigenvalue weighted by Crippen LogP contribution is -2.35. The minimum absolute atomic E-state index is 0.0691. The molecule has 0 fully saturated rings. The van der Waals surface area contributed by atoms with Gasteiger partial charge in [-0.25, -0.2) is 4.79 Å². The Morgan fingerprint density at radius 1 is 1.32 bits per heavy atom. The molecule has 0 saturated carbocycles. The van der Waals surface area contributed by atoms with Gasteiger partial charge in [0, 0.05) is 12.1 Å². The van der Waals surface area contributed by atoms with Crippen LogP contribution in [-0.2, 0) is 9.63 Å². The Labute approximate surface area is 105 Å². The van der Waals surface area contributed by atoms with Crippen molar-refractivity contribution in [3.05, 3.63) is 39.4 Å². The quantitative estimate of drug-likeness (QED) is 0.446. The monoisotopic (exact) mass is 265 g/mol. The van der Waals surface area contributed by atoms with Crippen LogP contribution in [0.2, 0.25) is 0 Å². The zero-order chi connectivity index (χ0) is 14.2. The SMILES string of the molecule is NCC(=O)ON1C(=O)c2ccc([N+](=O)[O-])cc2C1=O. The molecule has 0 atom stereocenters. The smallest absolute Gasteiger partial charge is 0.328 e.